The zero-order chi connectivity index (χ0) is 10.9. The molecule has 1 aromatic heterocycles. The van der Waals surface area contributed by atoms with Crippen LogP contribution in [-0.2, 0) is 6.42 Å². The fourth-order valence-electron chi connectivity index (χ4n) is 1.88. The van der Waals surface area contributed by atoms with Gasteiger partial charge in [-0.05, 0) is 44.4 Å². The van der Waals surface area contributed by atoms with Gasteiger partial charge in [0.2, 0.25) is 0 Å². The van der Waals surface area contributed by atoms with Crippen LogP contribution in [-0.4, -0.2) is 18.1 Å². The minimum absolute atomic E-state index is 0.687. The molecule has 2 heteroatoms. The lowest BCUT2D eigenvalue weighted by Crippen LogP contribution is -2.24. The Labute approximate surface area is 93.1 Å². The quantitative estimate of drug-likeness (QED) is 0.742. The Morgan fingerprint density at radius 2 is 2.27 bits per heavy atom. The van der Waals surface area contributed by atoms with Crippen LogP contribution in [0.25, 0.3) is 0 Å². The van der Waals surface area contributed by atoms with Crippen LogP contribution in [0.1, 0.15) is 38.2 Å². The monoisotopic (exact) mass is 206 g/mol. The molecule has 0 saturated heterocycles. The lowest BCUT2D eigenvalue weighted by molar-refractivity contribution is 0.469. The maximum atomic E-state index is 4.12. The van der Waals surface area contributed by atoms with Crippen LogP contribution >= 0.6 is 0 Å². The van der Waals surface area contributed by atoms with E-state index in [9.17, 15) is 0 Å². The molecule has 0 radical (unpaired) electrons. The van der Waals surface area contributed by atoms with Crippen molar-refractivity contribution in [1.82, 2.24) is 10.3 Å². The highest BCUT2D eigenvalue weighted by Crippen LogP contribution is 2.08. The zero-order valence-corrected chi connectivity index (χ0v) is 9.87. The number of pyridine rings is 1. The van der Waals surface area contributed by atoms with Crippen LogP contribution in [0.3, 0.4) is 0 Å². The third-order valence-electron chi connectivity index (χ3n) is 2.79. The first-order chi connectivity index (χ1) is 7.36. The van der Waals surface area contributed by atoms with Gasteiger partial charge in [0.05, 0.1) is 0 Å². The van der Waals surface area contributed by atoms with Gasteiger partial charge in [-0.2, -0.15) is 0 Å². The number of aryl methyl sites for hydroxylation is 1. The first-order valence-electron chi connectivity index (χ1n) is 5.93. The van der Waals surface area contributed by atoms with E-state index in [1.54, 1.807) is 0 Å². The van der Waals surface area contributed by atoms with Crippen molar-refractivity contribution in [3.63, 3.8) is 0 Å². The van der Waals surface area contributed by atoms with E-state index >= 15 is 0 Å². The Morgan fingerprint density at radius 3 is 2.87 bits per heavy atom. The second-order valence-corrected chi connectivity index (χ2v) is 4.03. The fourth-order valence-corrected chi connectivity index (χ4v) is 1.88. The minimum atomic E-state index is 0.687. The van der Waals surface area contributed by atoms with Crippen LogP contribution in [0, 0.1) is 0 Å². The highest BCUT2D eigenvalue weighted by Gasteiger charge is 2.03. The molecule has 15 heavy (non-hydrogen) atoms. The van der Waals surface area contributed by atoms with Crippen molar-refractivity contribution in [3.8, 4) is 0 Å². The molecule has 0 aromatic carbocycles. The zero-order valence-electron chi connectivity index (χ0n) is 9.87. The second-order valence-electron chi connectivity index (χ2n) is 4.03. The molecule has 1 rings (SSSR count). The lowest BCUT2D eigenvalue weighted by Gasteiger charge is -2.14. The summed E-state index contributed by atoms with van der Waals surface area (Å²) in [5.41, 5.74) is 1.35. The smallest absolute Gasteiger partial charge is 0.0299 e. The Balaban J connectivity index is 2.20. The van der Waals surface area contributed by atoms with Crippen LogP contribution in [0.5, 0.6) is 0 Å². The maximum absolute atomic E-state index is 4.12. The summed E-state index contributed by atoms with van der Waals surface area (Å²) in [6, 6.07) is 4.85. The van der Waals surface area contributed by atoms with Gasteiger partial charge in [0, 0.05) is 18.4 Å². The Morgan fingerprint density at radius 1 is 1.40 bits per heavy atom. The summed E-state index contributed by atoms with van der Waals surface area (Å²) in [6.45, 7) is 2.24. The number of aromatic nitrogens is 1. The summed E-state index contributed by atoms with van der Waals surface area (Å²) in [5, 5.41) is 3.37. The van der Waals surface area contributed by atoms with Gasteiger partial charge in [-0.1, -0.05) is 19.4 Å². The highest BCUT2D eigenvalue weighted by molar-refractivity contribution is 5.08. The summed E-state index contributed by atoms with van der Waals surface area (Å²) in [5.74, 6) is 0. The molecule has 1 unspecified atom stereocenters. The largest absolute Gasteiger partial charge is 0.317 e. The van der Waals surface area contributed by atoms with Crippen LogP contribution < -0.4 is 5.32 Å². The first-order valence-corrected chi connectivity index (χ1v) is 5.93. The van der Waals surface area contributed by atoms with E-state index in [0.29, 0.717) is 6.04 Å². The van der Waals surface area contributed by atoms with E-state index in [-0.39, 0.29) is 0 Å². The number of nitrogens with zero attached hydrogens (tertiary/aromatic N) is 1. The van der Waals surface area contributed by atoms with E-state index < -0.39 is 0 Å². The van der Waals surface area contributed by atoms with Gasteiger partial charge < -0.3 is 5.32 Å². The van der Waals surface area contributed by atoms with Crippen molar-refractivity contribution >= 4 is 0 Å². The van der Waals surface area contributed by atoms with Crippen molar-refractivity contribution in [2.75, 3.05) is 7.05 Å². The van der Waals surface area contributed by atoms with Gasteiger partial charge in [-0.3, -0.25) is 4.98 Å². The molecule has 84 valence electrons. The summed E-state index contributed by atoms with van der Waals surface area (Å²) in [4.78, 5) is 4.12. The van der Waals surface area contributed by atoms with Crippen LogP contribution in [0.2, 0.25) is 0 Å². The SMILES string of the molecule is CCCC(CCCc1cccnc1)NC. The van der Waals surface area contributed by atoms with E-state index in [1.165, 1.54) is 31.2 Å². The third-order valence-corrected chi connectivity index (χ3v) is 2.79. The maximum Gasteiger partial charge on any atom is 0.0299 e. The second kappa shape index (κ2) is 7.41. The molecule has 0 saturated carbocycles. The van der Waals surface area contributed by atoms with Crippen molar-refractivity contribution < 1.29 is 0 Å². The average Bonchev–Trinajstić information content (AvgIpc) is 2.29. The average molecular weight is 206 g/mol. The predicted octanol–water partition coefficient (Wildman–Crippen LogP) is 2.79. The van der Waals surface area contributed by atoms with Gasteiger partial charge in [0.25, 0.3) is 0 Å². The molecule has 0 aliphatic rings. The molecular weight excluding hydrogens is 184 g/mol. The van der Waals surface area contributed by atoms with E-state index in [4.69, 9.17) is 0 Å². The Bertz CT molecular complexity index is 246. The first kappa shape index (κ1) is 12.2. The van der Waals surface area contributed by atoms with E-state index in [2.05, 4.69) is 30.3 Å². The summed E-state index contributed by atoms with van der Waals surface area (Å²) >= 11 is 0. The third kappa shape index (κ3) is 4.93. The molecule has 0 fully saturated rings. The standard InChI is InChI=1S/C13H22N2/c1-3-6-13(14-2)9-4-7-12-8-5-10-15-11-12/h5,8,10-11,13-14H,3-4,6-7,9H2,1-2H3. The number of hydrogen-bond acceptors (Lipinski definition) is 2. The molecule has 0 aliphatic carbocycles. The Kier molecular flexibility index (Phi) is 6.02. The molecule has 0 spiro atoms. The van der Waals surface area contributed by atoms with Crippen molar-refractivity contribution in [1.29, 1.82) is 0 Å². The lowest BCUT2D eigenvalue weighted by atomic mass is 10.0. The van der Waals surface area contributed by atoms with Crippen LogP contribution in [0.4, 0.5) is 0 Å². The summed E-state index contributed by atoms with van der Waals surface area (Å²) in [6.07, 6.45) is 10.00. The van der Waals surface area contributed by atoms with Gasteiger partial charge >= 0.3 is 0 Å². The normalized spacial score (nSPS) is 12.7. The fraction of sp³-hybridized carbons (Fsp3) is 0.615. The Hall–Kier alpha value is -0.890. The minimum Gasteiger partial charge on any atom is -0.317 e. The number of rotatable bonds is 7. The number of hydrogen-bond donors (Lipinski definition) is 1. The molecule has 1 N–H and O–H groups in total. The van der Waals surface area contributed by atoms with Crippen molar-refractivity contribution in [2.24, 2.45) is 0 Å². The van der Waals surface area contributed by atoms with Gasteiger partial charge in [-0.25, -0.2) is 0 Å². The van der Waals surface area contributed by atoms with Crippen LogP contribution in [0.15, 0.2) is 24.5 Å². The summed E-state index contributed by atoms with van der Waals surface area (Å²) in [7, 11) is 2.06. The van der Waals surface area contributed by atoms with Gasteiger partial charge in [-0.15, -0.1) is 0 Å². The molecular formula is C13H22N2. The van der Waals surface area contributed by atoms with E-state index in [1.807, 2.05) is 18.5 Å². The van der Waals surface area contributed by atoms with E-state index in [0.717, 1.165) is 6.42 Å². The molecule has 1 heterocycles. The molecule has 0 amide bonds. The van der Waals surface area contributed by atoms with Crippen molar-refractivity contribution in [2.45, 2.75) is 45.1 Å². The topological polar surface area (TPSA) is 24.9 Å². The number of nitrogens with one attached hydrogen (secondary N) is 1. The molecule has 2 nitrogen and oxygen atoms in total. The predicted molar refractivity (Wildman–Crippen MR) is 64.9 cm³/mol. The van der Waals surface area contributed by atoms with Gasteiger partial charge in [0.1, 0.15) is 0 Å². The molecule has 0 aliphatic heterocycles. The molecule has 1 aromatic rings. The molecule has 1 atom stereocenters. The highest BCUT2D eigenvalue weighted by atomic mass is 14.9. The molecule has 0 bridgehead atoms. The summed E-state index contributed by atoms with van der Waals surface area (Å²) < 4.78 is 0. The van der Waals surface area contributed by atoms with Gasteiger partial charge in [0.15, 0.2) is 0 Å². The van der Waals surface area contributed by atoms with Crippen molar-refractivity contribution in [3.05, 3.63) is 30.1 Å².